The van der Waals surface area contributed by atoms with E-state index in [2.05, 4.69) is 10.3 Å². The van der Waals surface area contributed by atoms with Crippen LogP contribution in [0.15, 0.2) is 42.6 Å². The van der Waals surface area contributed by atoms with Crippen LogP contribution in [-0.4, -0.2) is 55.0 Å². The minimum Gasteiger partial charge on any atom is -0.456 e. The Hall–Kier alpha value is -2.97. The first-order valence-electron chi connectivity index (χ1n) is 9.75. The summed E-state index contributed by atoms with van der Waals surface area (Å²) in [6.45, 7) is 1.31. The van der Waals surface area contributed by atoms with Gasteiger partial charge in [0.05, 0.1) is 27.6 Å². The number of carbonyl (C=O) groups is 2. The number of fused-ring (bicyclic) bond motifs is 1. The van der Waals surface area contributed by atoms with Crippen molar-refractivity contribution >= 4 is 33.4 Å². The highest BCUT2D eigenvalue weighted by atomic mass is 32.1. The summed E-state index contributed by atoms with van der Waals surface area (Å²) < 4.78 is 12.2. The molecule has 0 radical (unpaired) electrons. The SMILES string of the molecule is CNC(=O)Cc1ccc(Oc2ccnc3cc(C(=O)N4CC[C@@H](OC)C4)sc23)cc1. The van der Waals surface area contributed by atoms with E-state index in [1.165, 1.54) is 11.3 Å². The Kier molecular flexibility index (Phi) is 5.96. The summed E-state index contributed by atoms with van der Waals surface area (Å²) >= 11 is 1.39. The number of ether oxygens (including phenoxy) is 2. The molecule has 3 aromatic rings. The standard InChI is InChI=1S/C22H23N3O4S/c1-23-20(26)11-14-3-5-15(6-4-14)29-18-7-9-24-17-12-19(30-21(17)18)22(27)25-10-8-16(13-25)28-2/h3-7,9,12,16H,8,10-11,13H2,1-2H3,(H,23,26)/t16-/m1/s1. The van der Waals surface area contributed by atoms with Crippen molar-refractivity contribution in [3.05, 3.63) is 53.0 Å². The van der Waals surface area contributed by atoms with Gasteiger partial charge in [0, 0.05) is 39.5 Å². The maximum atomic E-state index is 12.9. The van der Waals surface area contributed by atoms with Gasteiger partial charge in [-0.1, -0.05) is 12.1 Å². The number of likely N-dealkylation sites (N-methyl/N-ethyl adjacent to an activating group) is 1. The predicted molar refractivity (Wildman–Crippen MR) is 115 cm³/mol. The molecular formula is C22H23N3O4S. The van der Waals surface area contributed by atoms with Crippen molar-refractivity contribution in [2.24, 2.45) is 0 Å². The number of rotatable bonds is 6. The Morgan fingerprint density at radius 3 is 2.77 bits per heavy atom. The van der Waals surface area contributed by atoms with E-state index in [0.29, 0.717) is 35.9 Å². The topological polar surface area (TPSA) is 80.8 Å². The molecule has 156 valence electrons. The number of aromatic nitrogens is 1. The van der Waals surface area contributed by atoms with Crippen molar-refractivity contribution in [1.82, 2.24) is 15.2 Å². The fraction of sp³-hybridized carbons (Fsp3) is 0.318. The van der Waals surface area contributed by atoms with Gasteiger partial charge >= 0.3 is 0 Å². The van der Waals surface area contributed by atoms with Crippen LogP contribution >= 0.6 is 11.3 Å². The van der Waals surface area contributed by atoms with Gasteiger partial charge in [-0.15, -0.1) is 11.3 Å². The van der Waals surface area contributed by atoms with Crippen molar-refractivity contribution < 1.29 is 19.1 Å². The van der Waals surface area contributed by atoms with Crippen molar-refractivity contribution in [2.75, 3.05) is 27.2 Å². The third kappa shape index (κ3) is 4.29. The molecule has 0 spiro atoms. The van der Waals surface area contributed by atoms with Crippen LogP contribution in [0.1, 0.15) is 21.7 Å². The lowest BCUT2D eigenvalue weighted by Crippen LogP contribution is -2.29. The molecule has 3 heterocycles. The number of methoxy groups -OCH3 is 1. The van der Waals surface area contributed by atoms with E-state index in [0.717, 1.165) is 22.2 Å². The number of nitrogens with zero attached hydrogens (tertiary/aromatic N) is 2. The normalized spacial score (nSPS) is 16.1. The fourth-order valence-corrected chi connectivity index (χ4v) is 4.47. The Bertz CT molecular complexity index is 1060. The van der Waals surface area contributed by atoms with Gasteiger partial charge in [-0.3, -0.25) is 14.6 Å². The van der Waals surface area contributed by atoms with E-state index in [-0.39, 0.29) is 17.9 Å². The second-order valence-corrected chi connectivity index (χ2v) is 8.18. The van der Waals surface area contributed by atoms with Crippen LogP contribution in [0.4, 0.5) is 0 Å². The monoisotopic (exact) mass is 425 g/mol. The molecule has 30 heavy (non-hydrogen) atoms. The van der Waals surface area contributed by atoms with Gasteiger partial charge in [-0.25, -0.2) is 0 Å². The van der Waals surface area contributed by atoms with Crippen molar-refractivity contribution in [2.45, 2.75) is 18.9 Å². The largest absolute Gasteiger partial charge is 0.456 e. The van der Waals surface area contributed by atoms with E-state index >= 15 is 0 Å². The Morgan fingerprint density at radius 1 is 1.27 bits per heavy atom. The molecule has 0 aliphatic carbocycles. The van der Waals surface area contributed by atoms with Crippen LogP contribution in [0, 0.1) is 0 Å². The maximum absolute atomic E-state index is 12.9. The molecular weight excluding hydrogens is 402 g/mol. The van der Waals surface area contributed by atoms with Crippen molar-refractivity contribution in [1.29, 1.82) is 0 Å². The summed E-state index contributed by atoms with van der Waals surface area (Å²) in [6, 6.07) is 11.0. The fourth-order valence-electron chi connectivity index (χ4n) is 3.44. The number of nitrogens with one attached hydrogen (secondary N) is 1. The number of benzene rings is 1. The molecule has 1 aromatic carbocycles. The highest BCUT2D eigenvalue weighted by molar-refractivity contribution is 7.21. The summed E-state index contributed by atoms with van der Waals surface area (Å²) in [5.74, 6) is 1.28. The molecule has 1 saturated heterocycles. The number of amides is 2. The molecule has 1 N–H and O–H groups in total. The number of thiophene rings is 1. The average molecular weight is 426 g/mol. The summed E-state index contributed by atoms with van der Waals surface area (Å²) in [5, 5.41) is 2.61. The smallest absolute Gasteiger partial charge is 0.264 e. The van der Waals surface area contributed by atoms with E-state index in [1.807, 2.05) is 35.2 Å². The van der Waals surface area contributed by atoms with E-state index in [4.69, 9.17) is 9.47 Å². The van der Waals surface area contributed by atoms with Gasteiger partial charge in [0.15, 0.2) is 0 Å². The predicted octanol–water partition coefficient (Wildman–Crippen LogP) is 3.24. The lowest BCUT2D eigenvalue weighted by molar-refractivity contribution is -0.119. The molecule has 7 nitrogen and oxygen atoms in total. The zero-order valence-electron chi connectivity index (χ0n) is 16.9. The third-order valence-corrected chi connectivity index (χ3v) is 6.27. The molecule has 8 heteroatoms. The molecule has 0 saturated carbocycles. The Morgan fingerprint density at radius 2 is 2.07 bits per heavy atom. The molecule has 2 amide bonds. The lowest BCUT2D eigenvalue weighted by atomic mass is 10.1. The Labute approximate surface area is 178 Å². The van der Waals surface area contributed by atoms with Crippen molar-refractivity contribution in [3.8, 4) is 11.5 Å². The maximum Gasteiger partial charge on any atom is 0.264 e. The summed E-state index contributed by atoms with van der Waals surface area (Å²) in [6.07, 6.45) is 2.96. The minimum absolute atomic E-state index is 0.00190. The second kappa shape index (κ2) is 8.81. The molecule has 0 bridgehead atoms. The Balaban J connectivity index is 1.52. The van der Waals surface area contributed by atoms with E-state index < -0.39 is 0 Å². The van der Waals surface area contributed by atoms with Gasteiger partial charge in [0.2, 0.25) is 5.91 Å². The van der Waals surface area contributed by atoms with Crippen LogP contribution in [0.3, 0.4) is 0 Å². The highest BCUT2D eigenvalue weighted by Crippen LogP contribution is 2.35. The summed E-state index contributed by atoms with van der Waals surface area (Å²) in [4.78, 5) is 31.2. The first-order valence-corrected chi connectivity index (χ1v) is 10.6. The van der Waals surface area contributed by atoms with Crippen LogP contribution in [0.5, 0.6) is 11.5 Å². The number of carbonyl (C=O) groups excluding carboxylic acids is 2. The molecule has 4 rings (SSSR count). The van der Waals surface area contributed by atoms with Crippen molar-refractivity contribution in [3.63, 3.8) is 0 Å². The molecule has 1 aliphatic rings. The average Bonchev–Trinajstić information content (AvgIpc) is 3.42. The third-order valence-electron chi connectivity index (χ3n) is 5.15. The molecule has 0 unspecified atom stereocenters. The first-order chi connectivity index (χ1) is 14.6. The van der Waals surface area contributed by atoms with Gasteiger partial charge in [0.25, 0.3) is 5.91 Å². The van der Waals surface area contributed by atoms with Gasteiger partial charge in [-0.2, -0.15) is 0 Å². The van der Waals surface area contributed by atoms with Crippen LogP contribution < -0.4 is 10.1 Å². The minimum atomic E-state index is -0.0369. The van der Waals surface area contributed by atoms with Crippen LogP contribution in [0.2, 0.25) is 0 Å². The van der Waals surface area contributed by atoms with Crippen LogP contribution in [0.25, 0.3) is 10.2 Å². The quantitative estimate of drug-likeness (QED) is 0.656. The first kappa shape index (κ1) is 20.3. The molecule has 2 aromatic heterocycles. The number of hydrogen-bond acceptors (Lipinski definition) is 6. The summed E-state index contributed by atoms with van der Waals surface area (Å²) in [7, 11) is 3.30. The van der Waals surface area contributed by atoms with Gasteiger partial charge < -0.3 is 19.7 Å². The zero-order chi connectivity index (χ0) is 21.1. The van der Waals surface area contributed by atoms with E-state index in [1.54, 1.807) is 26.4 Å². The molecule has 1 aliphatic heterocycles. The number of hydrogen-bond donors (Lipinski definition) is 1. The van der Waals surface area contributed by atoms with Gasteiger partial charge in [-0.05, 0) is 30.2 Å². The lowest BCUT2D eigenvalue weighted by Gasteiger charge is -2.14. The van der Waals surface area contributed by atoms with E-state index in [9.17, 15) is 9.59 Å². The molecule has 1 fully saturated rings. The van der Waals surface area contributed by atoms with Gasteiger partial charge in [0.1, 0.15) is 11.5 Å². The summed E-state index contributed by atoms with van der Waals surface area (Å²) in [5.41, 5.74) is 1.64. The zero-order valence-corrected chi connectivity index (χ0v) is 17.7. The molecule has 1 atom stereocenters. The number of pyridine rings is 1. The van der Waals surface area contributed by atoms with Crippen LogP contribution in [-0.2, 0) is 16.0 Å². The highest BCUT2D eigenvalue weighted by Gasteiger charge is 2.28. The second-order valence-electron chi connectivity index (χ2n) is 7.13. The number of likely N-dealkylation sites (tertiary alicyclic amines) is 1.